The summed E-state index contributed by atoms with van der Waals surface area (Å²) < 4.78 is 2.89. The molecule has 1 N–H and O–H groups in total. The number of likely N-dealkylation sites (tertiary alicyclic amines) is 1. The van der Waals surface area contributed by atoms with E-state index in [9.17, 15) is 0 Å². The highest BCUT2D eigenvalue weighted by molar-refractivity contribution is 9.10. The lowest BCUT2D eigenvalue weighted by molar-refractivity contribution is 0.277. The van der Waals surface area contributed by atoms with Crippen molar-refractivity contribution >= 4 is 39.0 Å². The fraction of sp³-hybridized carbons (Fsp3) is 0.368. The zero-order valence-electron chi connectivity index (χ0n) is 14.6. The second kappa shape index (κ2) is 7.55. The summed E-state index contributed by atoms with van der Waals surface area (Å²) >= 11 is 9.96. The van der Waals surface area contributed by atoms with Gasteiger partial charge in [0.25, 0.3) is 0 Å². The van der Waals surface area contributed by atoms with E-state index in [0.29, 0.717) is 11.1 Å². The first-order chi connectivity index (χ1) is 12.7. The van der Waals surface area contributed by atoms with Crippen LogP contribution in [0.3, 0.4) is 0 Å². The van der Waals surface area contributed by atoms with E-state index in [1.807, 2.05) is 34.9 Å². The first-order valence-electron chi connectivity index (χ1n) is 8.93. The van der Waals surface area contributed by atoms with Crippen LogP contribution in [0.25, 0.3) is 16.9 Å². The highest BCUT2D eigenvalue weighted by Gasteiger charge is 2.23. The zero-order chi connectivity index (χ0) is 18.1. The number of rotatable bonds is 5. The van der Waals surface area contributed by atoms with Crippen LogP contribution in [0.2, 0.25) is 5.02 Å². The highest BCUT2D eigenvalue weighted by Crippen LogP contribution is 2.30. The van der Waals surface area contributed by atoms with Gasteiger partial charge in [0.05, 0.1) is 16.9 Å². The Labute approximate surface area is 166 Å². The molecule has 0 spiro atoms. The van der Waals surface area contributed by atoms with Crippen LogP contribution in [-0.4, -0.2) is 44.9 Å². The SMILES string of the molecule is CCN1CCCC1CNc1nc(-c2ccccc2Cl)cn2c(Br)cnc12. The highest BCUT2D eigenvalue weighted by atomic mass is 79.9. The lowest BCUT2D eigenvalue weighted by Gasteiger charge is -2.23. The summed E-state index contributed by atoms with van der Waals surface area (Å²) in [7, 11) is 0. The summed E-state index contributed by atoms with van der Waals surface area (Å²) in [5.74, 6) is 0.788. The van der Waals surface area contributed by atoms with E-state index in [-0.39, 0.29) is 0 Å². The summed E-state index contributed by atoms with van der Waals surface area (Å²) in [5.41, 5.74) is 2.55. The van der Waals surface area contributed by atoms with Crippen LogP contribution >= 0.6 is 27.5 Å². The molecule has 0 amide bonds. The van der Waals surface area contributed by atoms with Crippen molar-refractivity contribution in [2.75, 3.05) is 25.0 Å². The van der Waals surface area contributed by atoms with E-state index in [4.69, 9.17) is 16.6 Å². The monoisotopic (exact) mass is 433 g/mol. The number of benzene rings is 1. The summed E-state index contributed by atoms with van der Waals surface area (Å²) in [6.07, 6.45) is 6.25. The zero-order valence-corrected chi connectivity index (χ0v) is 17.0. The second-order valence-corrected chi connectivity index (χ2v) is 7.75. The van der Waals surface area contributed by atoms with Crippen LogP contribution in [0.1, 0.15) is 19.8 Å². The molecular formula is C19H21BrClN5. The average Bonchev–Trinajstić information content (AvgIpc) is 3.26. The van der Waals surface area contributed by atoms with Gasteiger partial charge in [-0.25, -0.2) is 9.97 Å². The number of hydrogen-bond donors (Lipinski definition) is 1. The molecule has 0 saturated carbocycles. The number of nitrogens with one attached hydrogen (secondary N) is 1. The van der Waals surface area contributed by atoms with Gasteiger partial charge in [0.1, 0.15) is 4.60 Å². The summed E-state index contributed by atoms with van der Waals surface area (Å²) in [4.78, 5) is 11.9. The molecule has 1 aliphatic heterocycles. The molecular weight excluding hydrogens is 414 g/mol. The van der Waals surface area contributed by atoms with Gasteiger partial charge < -0.3 is 5.32 Å². The maximum absolute atomic E-state index is 6.39. The largest absolute Gasteiger partial charge is 0.365 e. The van der Waals surface area contributed by atoms with Crippen LogP contribution in [0, 0.1) is 0 Å². The van der Waals surface area contributed by atoms with E-state index in [1.54, 1.807) is 6.20 Å². The number of anilines is 1. The van der Waals surface area contributed by atoms with E-state index in [1.165, 1.54) is 19.4 Å². The Kier molecular flexibility index (Phi) is 5.16. The van der Waals surface area contributed by atoms with Crippen molar-refractivity contribution in [3.8, 4) is 11.3 Å². The van der Waals surface area contributed by atoms with Crippen molar-refractivity contribution in [2.24, 2.45) is 0 Å². The third-order valence-corrected chi connectivity index (χ3v) is 5.92. The molecule has 0 bridgehead atoms. The van der Waals surface area contributed by atoms with Crippen LogP contribution in [0.5, 0.6) is 0 Å². The van der Waals surface area contributed by atoms with Gasteiger partial charge in [-0.1, -0.05) is 36.7 Å². The molecule has 0 aliphatic carbocycles. The minimum atomic E-state index is 0.546. The number of imidazole rings is 1. The number of fused-ring (bicyclic) bond motifs is 1. The van der Waals surface area contributed by atoms with Crippen molar-refractivity contribution < 1.29 is 0 Å². The first-order valence-corrected chi connectivity index (χ1v) is 10.1. The standard InChI is InChI=1S/C19H21BrClN5/c1-2-25-9-5-6-13(25)10-22-18-19-23-11-17(20)26(19)12-16(24-18)14-7-3-4-8-15(14)21/h3-4,7-8,11-13H,2,5-6,9-10H2,1H3,(H,22,24). The predicted octanol–water partition coefficient (Wildman–Crippen LogP) is 4.71. The topological polar surface area (TPSA) is 45.5 Å². The van der Waals surface area contributed by atoms with Crippen molar-refractivity contribution in [1.29, 1.82) is 0 Å². The van der Waals surface area contributed by atoms with Gasteiger partial charge >= 0.3 is 0 Å². The van der Waals surface area contributed by atoms with Gasteiger partial charge in [-0.15, -0.1) is 0 Å². The minimum absolute atomic E-state index is 0.546. The van der Waals surface area contributed by atoms with Crippen LogP contribution in [0.15, 0.2) is 41.3 Å². The molecule has 136 valence electrons. The molecule has 1 atom stereocenters. The number of nitrogens with zero attached hydrogens (tertiary/aromatic N) is 4. The summed E-state index contributed by atoms with van der Waals surface area (Å²) in [6, 6.07) is 8.32. The maximum atomic E-state index is 6.39. The van der Waals surface area contributed by atoms with Crippen molar-refractivity contribution in [3.05, 3.63) is 46.3 Å². The van der Waals surface area contributed by atoms with Crippen LogP contribution < -0.4 is 5.32 Å². The smallest absolute Gasteiger partial charge is 0.181 e. The van der Waals surface area contributed by atoms with Gasteiger partial charge in [0, 0.05) is 24.3 Å². The van der Waals surface area contributed by atoms with Gasteiger partial charge in [-0.2, -0.15) is 0 Å². The number of halogens is 2. The van der Waals surface area contributed by atoms with Crippen molar-refractivity contribution in [1.82, 2.24) is 19.3 Å². The van der Waals surface area contributed by atoms with Crippen LogP contribution in [-0.2, 0) is 0 Å². The van der Waals surface area contributed by atoms with Crippen molar-refractivity contribution in [2.45, 2.75) is 25.8 Å². The Hall–Kier alpha value is -1.63. The Balaban J connectivity index is 1.70. The number of hydrogen-bond acceptors (Lipinski definition) is 4. The molecule has 1 fully saturated rings. The van der Waals surface area contributed by atoms with Gasteiger partial charge in [0.15, 0.2) is 11.5 Å². The summed E-state index contributed by atoms with van der Waals surface area (Å²) in [5, 5.41) is 4.23. The Morgan fingerprint density at radius 2 is 2.19 bits per heavy atom. The summed E-state index contributed by atoms with van der Waals surface area (Å²) in [6.45, 7) is 5.36. The van der Waals surface area contributed by atoms with Crippen LogP contribution in [0.4, 0.5) is 5.82 Å². The van der Waals surface area contributed by atoms with Gasteiger partial charge in [-0.3, -0.25) is 9.30 Å². The molecule has 2 aromatic heterocycles. The quantitative estimate of drug-likeness (QED) is 0.632. The Morgan fingerprint density at radius 3 is 3.00 bits per heavy atom. The van der Waals surface area contributed by atoms with Crippen molar-refractivity contribution in [3.63, 3.8) is 0 Å². The molecule has 1 aromatic carbocycles. The molecule has 4 rings (SSSR count). The third kappa shape index (κ3) is 3.33. The second-order valence-electron chi connectivity index (χ2n) is 6.53. The average molecular weight is 435 g/mol. The lowest BCUT2D eigenvalue weighted by atomic mass is 10.1. The molecule has 26 heavy (non-hydrogen) atoms. The molecule has 0 radical (unpaired) electrons. The normalized spacial score (nSPS) is 17.9. The molecule has 1 unspecified atom stereocenters. The fourth-order valence-corrected chi connectivity index (χ4v) is 4.24. The Morgan fingerprint density at radius 1 is 1.35 bits per heavy atom. The molecule has 1 aliphatic rings. The first kappa shape index (κ1) is 17.8. The molecule has 5 nitrogen and oxygen atoms in total. The van der Waals surface area contributed by atoms with E-state index >= 15 is 0 Å². The van der Waals surface area contributed by atoms with E-state index < -0.39 is 0 Å². The molecule has 1 saturated heterocycles. The van der Waals surface area contributed by atoms with Gasteiger partial charge in [0.2, 0.25) is 0 Å². The van der Waals surface area contributed by atoms with Gasteiger partial charge in [-0.05, 0) is 47.9 Å². The molecule has 3 aromatic rings. The van der Waals surface area contributed by atoms with E-state index in [0.717, 1.165) is 40.4 Å². The van der Waals surface area contributed by atoms with E-state index in [2.05, 4.69) is 38.1 Å². The molecule has 3 heterocycles. The third-order valence-electron chi connectivity index (χ3n) is 5.01. The lowest BCUT2D eigenvalue weighted by Crippen LogP contribution is -2.34. The fourth-order valence-electron chi connectivity index (χ4n) is 3.63. The maximum Gasteiger partial charge on any atom is 0.181 e. The number of likely N-dealkylation sites (N-methyl/N-ethyl adjacent to an activating group) is 1. The minimum Gasteiger partial charge on any atom is -0.365 e. The number of aromatic nitrogens is 3. The Bertz CT molecular complexity index is 925. The molecule has 7 heteroatoms. The predicted molar refractivity (Wildman–Crippen MR) is 110 cm³/mol.